The lowest BCUT2D eigenvalue weighted by atomic mass is 9.90. The number of para-hydroxylation sites is 1. The Morgan fingerprint density at radius 3 is 2.71 bits per heavy atom. The van der Waals surface area contributed by atoms with E-state index in [0.717, 1.165) is 24.4 Å². The summed E-state index contributed by atoms with van der Waals surface area (Å²) in [6.07, 6.45) is 5.85. The predicted molar refractivity (Wildman–Crippen MR) is 72.1 cm³/mol. The van der Waals surface area contributed by atoms with Crippen molar-refractivity contribution in [1.29, 1.82) is 0 Å². The summed E-state index contributed by atoms with van der Waals surface area (Å²) >= 11 is 0. The third kappa shape index (κ3) is 3.22. The van der Waals surface area contributed by atoms with E-state index in [1.807, 2.05) is 18.2 Å². The Morgan fingerprint density at radius 1 is 1.24 bits per heavy atom. The third-order valence-corrected chi connectivity index (χ3v) is 3.95. The van der Waals surface area contributed by atoms with Crippen LogP contribution in [0.4, 0.5) is 5.69 Å². The fourth-order valence-electron chi connectivity index (χ4n) is 2.73. The van der Waals surface area contributed by atoms with Crippen molar-refractivity contribution < 1.29 is 5.11 Å². The second-order valence-corrected chi connectivity index (χ2v) is 5.47. The zero-order valence-electron chi connectivity index (χ0n) is 10.7. The Hall–Kier alpha value is -1.02. The van der Waals surface area contributed by atoms with Crippen molar-refractivity contribution in [1.82, 2.24) is 0 Å². The molecule has 1 fully saturated rings. The Bertz CT molecular complexity index is 338. The highest BCUT2D eigenvalue weighted by atomic mass is 16.3. The van der Waals surface area contributed by atoms with Crippen molar-refractivity contribution in [3.8, 4) is 0 Å². The Kier molecular flexibility index (Phi) is 4.06. The van der Waals surface area contributed by atoms with E-state index in [-0.39, 0.29) is 12.1 Å². The molecule has 1 saturated carbocycles. The summed E-state index contributed by atoms with van der Waals surface area (Å²) in [4.78, 5) is 0. The average Bonchev–Trinajstić information content (AvgIpc) is 2.54. The molecule has 0 saturated heterocycles. The van der Waals surface area contributed by atoms with E-state index in [4.69, 9.17) is 0 Å². The zero-order valence-corrected chi connectivity index (χ0v) is 10.7. The Balaban J connectivity index is 2.08. The smallest absolute Gasteiger partial charge is 0.0661 e. The number of aliphatic hydroxyl groups is 1. The number of nitrogens with one attached hydrogen (secondary N) is 1. The van der Waals surface area contributed by atoms with Gasteiger partial charge in [0, 0.05) is 5.69 Å². The molecule has 0 bridgehead atoms. The van der Waals surface area contributed by atoms with Gasteiger partial charge in [-0.1, -0.05) is 38.0 Å². The lowest BCUT2D eigenvalue weighted by Crippen LogP contribution is -2.41. The molecule has 1 aliphatic carbocycles. The zero-order chi connectivity index (χ0) is 12.1. The lowest BCUT2D eigenvalue weighted by molar-refractivity contribution is 0.195. The molecule has 0 aromatic heterocycles. The molecule has 0 amide bonds. The summed E-state index contributed by atoms with van der Waals surface area (Å²) < 4.78 is 0. The maximum Gasteiger partial charge on any atom is 0.0661 e. The second-order valence-electron chi connectivity index (χ2n) is 5.47. The first-order chi connectivity index (χ1) is 8.24. The van der Waals surface area contributed by atoms with E-state index in [2.05, 4.69) is 24.4 Å². The average molecular weight is 233 g/mol. The number of hydrogen-bond donors (Lipinski definition) is 2. The highest BCUT2D eigenvalue weighted by Gasteiger charge is 2.31. The van der Waals surface area contributed by atoms with Crippen LogP contribution >= 0.6 is 0 Å². The maximum atomic E-state index is 9.75. The van der Waals surface area contributed by atoms with Crippen LogP contribution in [0.2, 0.25) is 0 Å². The molecule has 2 atom stereocenters. The van der Waals surface area contributed by atoms with Crippen LogP contribution in [0.3, 0.4) is 0 Å². The Labute approximate surface area is 104 Å². The van der Waals surface area contributed by atoms with Crippen LogP contribution in [-0.2, 0) is 0 Å². The molecule has 1 aromatic rings. The second kappa shape index (κ2) is 5.54. The van der Waals surface area contributed by atoms with E-state index in [9.17, 15) is 5.11 Å². The molecule has 1 aliphatic rings. The number of rotatable bonds is 3. The van der Waals surface area contributed by atoms with Crippen LogP contribution in [0, 0.1) is 5.92 Å². The van der Waals surface area contributed by atoms with Gasteiger partial charge in [-0.2, -0.15) is 0 Å². The van der Waals surface area contributed by atoms with Gasteiger partial charge in [-0.3, -0.25) is 0 Å². The number of benzene rings is 1. The first-order valence-corrected chi connectivity index (χ1v) is 6.68. The summed E-state index contributed by atoms with van der Waals surface area (Å²) in [5, 5.41) is 13.3. The van der Waals surface area contributed by atoms with Gasteiger partial charge in [0.2, 0.25) is 0 Å². The normalized spacial score (nSPS) is 29.6. The number of aliphatic hydroxyl groups excluding tert-OH is 1. The molecule has 2 unspecified atom stereocenters. The van der Waals surface area contributed by atoms with Crippen molar-refractivity contribution in [2.75, 3.05) is 11.9 Å². The van der Waals surface area contributed by atoms with Crippen LogP contribution < -0.4 is 5.32 Å². The standard InChI is InChI=1S/C15H23NO/c1-13-6-5-10-15(12-17,11-9-13)16-14-7-3-2-4-8-14/h2-4,7-8,13,16-17H,5-6,9-12H2,1H3. The van der Waals surface area contributed by atoms with Crippen molar-refractivity contribution in [3.05, 3.63) is 30.3 Å². The molecule has 2 rings (SSSR count). The quantitative estimate of drug-likeness (QED) is 0.784. The monoisotopic (exact) mass is 233 g/mol. The Morgan fingerprint density at radius 2 is 2.00 bits per heavy atom. The van der Waals surface area contributed by atoms with E-state index in [1.165, 1.54) is 19.3 Å². The first-order valence-electron chi connectivity index (χ1n) is 6.68. The molecule has 2 heteroatoms. The first kappa shape index (κ1) is 12.4. The van der Waals surface area contributed by atoms with Gasteiger partial charge >= 0.3 is 0 Å². The van der Waals surface area contributed by atoms with Gasteiger partial charge in [0.15, 0.2) is 0 Å². The van der Waals surface area contributed by atoms with Crippen molar-refractivity contribution in [3.63, 3.8) is 0 Å². The van der Waals surface area contributed by atoms with E-state index in [0.29, 0.717) is 0 Å². The molecule has 0 heterocycles. The summed E-state index contributed by atoms with van der Waals surface area (Å²) in [5.41, 5.74) is 1.02. The molecule has 17 heavy (non-hydrogen) atoms. The van der Waals surface area contributed by atoms with Crippen molar-refractivity contribution in [2.24, 2.45) is 5.92 Å². The molecule has 1 aromatic carbocycles. The predicted octanol–water partition coefficient (Wildman–Crippen LogP) is 3.43. The van der Waals surface area contributed by atoms with Crippen LogP contribution in [0.1, 0.15) is 39.0 Å². The minimum absolute atomic E-state index is 0.105. The topological polar surface area (TPSA) is 32.3 Å². The van der Waals surface area contributed by atoms with Gasteiger partial charge in [-0.25, -0.2) is 0 Å². The van der Waals surface area contributed by atoms with E-state index >= 15 is 0 Å². The van der Waals surface area contributed by atoms with Crippen LogP contribution in [0.5, 0.6) is 0 Å². The third-order valence-electron chi connectivity index (χ3n) is 3.95. The maximum absolute atomic E-state index is 9.75. The van der Waals surface area contributed by atoms with Gasteiger partial charge in [0.05, 0.1) is 12.1 Å². The van der Waals surface area contributed by atoms with E-state index < -0.39 is 0 Å². The summed E-state index contributed by atoms with van der Waals surface area (Å²) in [6.45, 7) is 2.55. The van der Waals surface area contributed by atoms with Crippen LogP contribution in [-0.4, -0.2) is 17.3 Å². The number of hydrogen-bond acceptors (Lipinski definition) is 2. The fraction of sp³-hybridized carbons (Fsp3) is 0.600. The molecular weight excluding hydrogens is 210 g/mol. The largest absolute Gasteiger partial charge is 0.394 e. The minimum Gasteiger partial charge on any atom is -0.394 e. The van der Waals surface area contributed by atoms with Crippen molar-refractivity contribution >= 4 is 5.69 Å². The molecule has 94 valence electrons. The number of anilines is 1. The lowest BCUT2D eigenvalue weighted by Gasteiger charge is -2.33. The summed E-state index contributed by atoms with van der Waals surface area (Å²) in [5.74, 6) is 0.793. The van der Waals surface area contributed by atoms with Gasteiger partial charge in [0.1, 0.15) is 0 Å². The molecule has 2 N–H and O–H groups in total. The highest BCUT2D eigenvalue weighted by Crippen LogP contribution is 2.32. The highest BCUT2D eigenvalue weighted by molar-refractivity contribution is 5.45. The fourth-order valence-corrected chi connectivity index (χ4v) is 2.73. The molecular formula is C15H23NO. The van der Waals surface area contributed by atoms with Gasteiger partial charge < -0.3 is 10.4 Å². The molecule has 2 nitrogen and oxygen atoms in total. The minimum atomic E-state index is -0.105. The van der Waals surface area contributed by atoms with Gasteiger partial charge in [-0.15, -0.1) is 0 Å². The molecule has 0 spiro atoms. The SMILES string of the molecule is CC1CCCC(CO)(Nc2ccccc2)CC1. The van der Waals surface area contributed by atoms with E-state index in [1.54, 1.807) is 0 Å². The van der Waals surface area contributed by atoms with Crippen LogP contribution in [0.25, 0.3) is 0 Å². The summed E-state index contributed by atoms with van der Waals surface area (Å²) in [6, 6.07) is 10.2. The van der Waals surface area contributed by atoms with Crippen LogP contribution in [0.15, 0.2) is 30.3 Å². The molecule has 0 aliphatic heterocycles. The van der Waals surface area contributed by atoms with Gasteiger partial charge in [-0.05, 0) is 37.3 Å². The summed E-state index contributed by atoms with van der Waals surface area (Å²) in [7, 11) is 0. The van der Waals surface area contributed by atoms with Crippen molar-refractivity contribution in [2.45, 2.75) is 44.6 Å². The van der Waals surface area contributed by atoms with Gasteiger partial charge in [0.25, 0.3) is 0 Å². The molecule has 0 radical (unpaired) electrons.